The molecule has 1 unspecified atom stereocenters. The first-order chi connectivity index (χ1) is 8.73. The number of amides is 1. The van der Waals surface area contributed by atoms with Crippen molar-refractivity contribution < 1.29 is 22.4 Å². The molecule has 0 spiro atoms. The van der Waals surface area contributed by atoms with E-state index in [9.17, 15) is 22.4 Å². The molecule has 1 rings (SSSR count). The summed E-state index contributed by atoms with van der Waals surface area (Å²) in [6, 6.07) is -0.650. The van der Waals surface area contributed by atoms with Gasteiger partial charge < -0.3 is 5.32 Å². The third-order valence-electron chi connectivity index (χ3n) is 2.41. The fourth-order valence-electron chi connectivity index (χ4n) is 1.52. The number of carbonyl (C=O) groups excluding carboxylic acids is 1. The SMILES string of the molecule is CC(C)NC(=O)C(C)n1nc(C(F)F)cc1C(F)F. The Balaban J connectivity index is 3.07. The minimum atomic E-state index is -2.98. The summed E-state index contributed by atoms with van der Waals surface area (Å²) >= 11 is 0. The van der Waals surface area contributed by atoms with Gasteiger partial charge in [0.25, 0.3) is 12.9 Å². The van der Waals surface area contributed by atoms with Gasteiger partial charge in [0, 0.05) is 6.04 Å². The van der Waals surface area contributed by atoms with Crippen LogP contribution >= 0.6 is 0 Å². The molecule has 0 aliphatic rings. The monoisotopic (exact) mass is 281 g/mol. The summed E-state index contributed by atoms with van der Waals surface area (Å²) in [6.45, 7) is 4.73. The van der Waals surface area contributed by atoms with Crippen molar-refractivity contribution in [3.05, 3.63) is 17.5 Å². The molecule has 8 heteroatoms. The first kappa shape index (κ1) is 15.5. The predicted molar refractivity (Wildman–Crippen MR) is 60.1 cm³/mol. The van der Waals surface area contributed by atoms with E-state index in [0.717, 1.165) is 0 Å². The first-order valence-electron chi connectivity index (χ1n) is 5.70. The molecule has 1 amide bonds. The lowest BCUT2D eigenvalue weighted by molar-refractivity contribution is -0.124. The minimum Gasteiger partial charge on any atom is -0.352 e. The highest BCUT2D eigenvalue weighted by atomic mass is 19.3. The van der Waals surface area contributed by atoms with Gasteiger partial charge in [-0.2, -0.15) is 5.10 Å². The van der Waals surface area contributed by atoms with E-state index in [0.29, 0.717) is 10.7 Å². The molecule has 0 saturated heterocycles. The largest absolute Gasteiger partial charge is 0.352 e. The van der Waals surface area contributed by atoms with Crippen molar-refractivity contribution in [2.24, 2.45) is 0 Å². The highest BCUT2D eigenvalue weighted by molar-refractivity contribution is 5.80. The maximum Gasteiger partial charge on any atom is 0.282 e. The van der Waals surface area contributed by atoms with Crippen molar-refractivity contribution in [3.63, 3.8) is 0 Å². The van der Waals surface area contributed by atoms with Crippen molar-refractivity contribution >= 4 is 5.91 Å². The Morgan fingerprint density at radius 3 is 2.21 bits per heavy atom. The van der Waals surface area contributed by atoms with Gasteiger partial charge in [-0.05, 0) is 26.8 Å². The van der Waals surface area contributed by atoms with Gasteiger partial charge in [0.15, 0.2) is 0 Å². The molecule has 0 bridgehead atoms. The van der Waals surface area contributed by atoms with Crippen LogP contribution in [-0.4, -0.2) is 21.7 Å². The molecular formula is C11H15F4N3O. The number of hydrogen-bond acceptors (Lipinski definition) is 2. The van der Waals surface area contributed by atoms with Gasteiger partial charge in [0.2, 0.25) is 5.91 Å². The molecule has 0 saturated carbocycles. The predicted octanol–water partition coefficient (Wildman–Crippen LogP) is 2.84. The molecule has 0 aliphatic carbocycles. The summed E-state index contributed by atoms with van der Waals surface area (Å²) in [4.78, 5) is 11.7. The minimum absolute atomic E-state index is 0.185. The zero-order valence-electron chi connectivity index (χ0n) is 10.7. The van der Waals surface area contributed by atoms with Crippen LogP contribution in [0.4, 0.5) is 17.6 Å². The summed E-state index contributed by atoms with van der Waals surface area (Å²) in [5.74, 6) is -0.555. The summed E-state index contributed by atoms with van der Waals surface area (Å²) in [5.41, 5.74) is -1.46. The lowest BCUT2D eigenvalue weighted by Crippen LogP contribution is -2.36. The van der Waals surface area contributed by atoms with E-state index in [1.807, 2.05) is 0 Å². The van der Waals surface area contributed by atoms with Crippen LogP contribution in [0.3, 0.4) is 0 Å². The fourth-order valence-corrected chi connectivity index (χ4v) is 1.52. The van der Waals surface area contributed by atoms with Gasteiger partial charge in [0.1, 0.15) is 17.4 Å². The van der Waals surface area contributed by atoms with Gasteiger partial charge in [-0.3, -0.25) is 9.48 Å². The Kier molecular flexibility index (Phi) is 4.90. The van der Waals surface area contributed by atoms with E-state index in [1.165, 1.54) is 6.92 Å². The number of halogens is 4. The molecule has 1 aromatic rings. The van der Waals surface area contributed by atoms with E-state index < -0.39 is 36.2 Å². The second kappa shape index (κ2) is 6.03. The summed E-state index contributed by atoms with van der Waals surface area (Å²) in [6.07, 6.45) is -5.94. The van der Waals surface area contributed by atoms with Crippen LogP contribution in [0, 0.1) is 0 Å². The summed E-state index contributed by atoms with van der Waals surface area (Å²) in [5, 5.41) is 5.90. The highest BCUT2D eigenvalue weighted by Gasteiger charge is 2.26. The molecule has 1 heterocycles. The normalized spacial score (nSPS) is 13.4. The van der Waals surface area contributed by atoms with Crippen molar-refractivity contribution in [1.82, 2.24) is 15.1 Å². The number of aromatic nitrogens is 2. The fraction of sp³-hybridized carbons (Fsp3) is 0.636. The third-order valence-corrected chi connectivity index (χ3v) is 2.41. The van der Waals surface area contributed by atoms with E-state index in [1.54, 1.807) is 13.8 Å². The van der Waals surface area contributed by atoms with E-state index in [4.69, 9.17) is 0 Å². The molecule has 0 radical (unpaired) electrons. The van der Waals surface area contributed by atoms with Crippen molar-refractivity contribution in [2.75, 3.05) is 0 Å². The van der Waals surface area contributed by atoms with Gasteiger partial charge in [-0.1, -0.05) is 0 Å². The average molecular weight is 281 g/mol. The first-order valence-corrected chi connectivity index (χ1v) is 5.70. The smallest absolute Gasteiger partial charge is 0.282 e. The molecule has 1 atom stereocenters. The number of nitrogens with zero attached hydrogens (tertiary/aromatic N) is 2. The maximum atomic E-state index is 12.8. The van der Waals surface area contributed by atoms with Crippen LogP contribution in [0.5, 0.6) is 0 Å². The Hall–Kier alpha value is -1.60. The lowest BCUT2D eigenvalue weighted by Gasteiger charge is -2.17. The van der Waals surface area contributed by atoms with Gasteiger partial charge >= 0.3 is 0 Å². The molecule has 4 nitrogen and oxygen atoms in total. The Morgan fingerprint density at radius 1 is 1.21 bits per heavy atom. The third kappa shape index (κ3) is 3.68. The maximum absolute atomic E-state index is 12.8. The Morgan fingerprint density at radius 2 is 1.79 bits per heavy atom. The van der Waals surface area contributed by atoms with Crippen molar-refractivity contribution in [3.8, 4) is 0 Å². The molecule has 108 valence electrons. The van der Waals surface area contributed by atoms with E-state index in [-0.39, 0.29) is 6.04 Å². The Bertz CT molecular complexity index is 445. The molecule has 0 fully saturated rings. The second-order valence-electron chi connectivity index (χ2n) is 4.38. The lowest BCUT2D eigenvalue weighted by atomic mass is 10.2. The van der Waals surface area contributed by atoms with Gasteiger partial charge in [0.05, 0.1) is 0 Å². The molecule has 0 aliphatic heterocycles. The van der Waals surface area contributed by atoms with Crippen LogP contribution in [0.1, 0.15) is 51.1 Å². The van der Waals surface area contributed by atoms with Gasteiger partial charge in [-0.15, -0.1) is 0 Å². The molecule has 19 heavy (non-hydrogen) atoms. The van der Waals surface area contributed by atoms with E-state index >= 15 is 0 Å². The molecule has 1 aromatic heterocycles. The number of rotatable bonds is 5. The number of nitrogens with one attached hydrogen (secondary N) is 1. The standard InChI is InChI=1S/C11H15F4N3O/c1-5(2)16-11(19)6(3)18-8(10(14)15)4-7(17-18)9(12)13/h4-6,9-10H,1-3H3,(H,16,19). The van der Waals surface area contributed by atoms with Gasteiger partial charge in [-0.25, -0.2) is 17.6 Å². The number of alkyl halides is 4. The molecule has 1 N–H and O–H groups in total. The van der Waals surface area contributed by atoms with Crippen LogP contribution < -0.4 is 5.32 Å². The topological polar surface area (TPSA) is 46.9 Å². The van der Waals surface area contributed by atoms with E-state index in [2.05, 4.69) is 10.4 Å². The van der Waals surface area contributed by atoms with Crippen molar-refractivity contribution in [2.45, 2.75) is 45.7 Å². The van der Waals surface area contributed by atoms with Crippen LogP contribution in [-0.2, 0) is 4.79 Å². The second-order valence-corrected chi connectivity index (χ2v) is 4.38. The summed E-state index contributed by atoms with van der Waals surface area (Å²) in [7, 11) is 0. The Labute approximate surface area is 107 Å². The van der Waals surface area contributed by atoms with Crippen LogP contribution in [0.25, 0.3) is 0 Å². The molecule has 0 aromatic carbocycles. The zero-order chi connectivity index (χ0) is 14.7. The zero-order valence-corrected chi connectivity index (χ0v) is 10.7. The summed E-state index contributed by atoms with van der Waals surface area (Å²) < 4.78 is 51.1. The highest BCUT2D eigenvalue weighted by Crippen LogP contribution is 2.27. The van der Waals surface area contributed by atoms with Crippen molar-refractivity contribution in [1.29, 1.82) is 0 Å². The van der Waals surface area contributed by atoms with Crippen LogP contribution in [0.2, 0.25) is 0 Å². The quantitative estimate of drug-likeness (QED) is 0.844. The average Bonchev–Trinajstić information content (AvgIpc) is 2.71. The van der Waals surface area contributed by atoms with Crippen LogP contribution in [0.15, 0.2) is 6.07 Å². The number of hydrogen-bond donors (Lipinski definition) is 1. The number of carbonyl (C=O) groups is 1. The molecular weight excluding hydrogens is 266 g/mol.